The van der Waals surface area contributed by atoms with Crippen LogP contribution in [0.4, 0.5) is 13.2 Å². The summed E-state index contributed by atoms with van der Waals surface area (Å²) in [5.74, 6) is -0.276. The van der Waals surface area contributed by atoms with E-state index in [9.17, 15) is 18.0 Å². The Morgan fingerprint density at radius 3 is 2.07 bits per heavy atom. The van der Waals surface area contributed by atoms with Gasteiger partial charge in [0.15, 0.2) is 0 Å². The molecule has 27 heavy (non-hydrogen) atoms. The second-order valence-corrected chi connectivity index (χ2v) is 6.23. The second kappa shape index (κ2) is 7.66. The molecule has 0 radical (unpaired) electrons. The van der Waals surface area contributed by atoms with Crippen molar-refractivity contribution < 1.29 is 18.0 Å². The first kappa shape index (κ1) is 18.7. The third kappa shape index (κ3) is 4.37. The molecule has 0 aromatic heterocycles. The lowest BCUT2D eigenvalue weighted by molar-refractivity contribution is -0.137. The van der Waals surface area contributed by atoms with E-state index in [1.807, 2.05) is 37.3 Å². The van der Waals surface area contributed by atoms with Gasteiger partial charge in [-0.2, -0.15) is 13.2 Å². The smallest absolute Gasteiger partial charge is 0.345 e. The minimum atomic E-state index is -4.39. The van der Waals surface area contributed by atoms with E-state index in [-0.39, 0.29) is 11.9 Å². The van der Waals surface area contributed by atoms with Gasteiger partial charge < -0.3 is 5.32 Å². The Hall–Kier alpha value is -3.08. The molecule has 0 saturated carbocycles. The highest BCUT2D eigenvalue weighted by molar-refractivity contribution is 6.01. The van der Waals surface area contributed by atoms with E-state index >= 15 is 0 Å². The standard InChI is InChI=1S/C22H18F3NO/c1-15(16-7-3-2-4-8-16)26-21(27)20-10-6-5-9-19(20)17-11-13-18(14-12-17)22(23,24)25/h2-15H,1H3,(H,26,27)/t15-/m0/s1. The van der Waals surface area contributed by atoms with Gasteiger partial charge in [-0.3, -0.25) is 4.79 Å². The molecule has 5 heteroatoms. The molecule has 0 heterocycles. The third-order valence-corrected chi connectivity index (χ3v) is 4.34. The fraction of sp³-hybridized carbons (Fsp3) is 0.136. The Bertz CT molecular complexity index is 918. The molecule has 3 rings (SSSR count). The van der Waals surface area contributed by atoms with Crippen LogP contribution in [0.25, 0.3) is 11.1 Å². The molecule has 0 fully saturated rings. The molecular weight excluding hydrogens is 351 g/mol. The zero-order valence-corrected chi connectivity index (χ0v) is 14.6. The first-order valence-electron chi connectivity index (χ1n) is 8.49. The first-order chi connectivity index (χ1) is 12.9. The number of hydrogen-bond acceptors (Lipinski definition) is 1. The van der Waals surface area contributed by atoms with E-state index in [0.717, 1.165) is 17.7 Å². The minimum Gasteiger partial charge on any atom is -0.345 e. The Balaban J connectivity index is 1.86. The lowest BCUT2D eigenvalue weighted by Crippen LogP contribution is -2.27. The van der Waals surface area contributed by atoms with Crippen molar-refractivity contribution in [2.24, 2.45) is 0 Å². The van der Waals surface area contributed by atoms with Crippen molar-refractivity contribution in [1.29, 1.82) is 0 Å². The van der Waals surface area contributed by atoms with Gasteiger partial charge in [0, 0.05) is 5.56 Å². The first-order valence-corrected chi connectivity index (χ1v) is 8.49. The maximum atomic E-state index is 12.8. The van der Waals surface area contributed by atoms with E-state index in [4.69, 9.17) is 0 Å². The summed E-state index contributed by atoms with van der Waals surface area (Å²) < 4.78 is 38.3. The van der Waals surface area contributed by atoms with Crippen LogP contribution in [-0.4, -0.2) is 5.91 Å². The quantitative estimate of drug-likeness (QED) is 0.613. The van der Waals surface area contributed by atoms with Gasteiger partial charge in [0.25, 0.3) is 5.91 Å². The molecule has 138 valence electrons. The van der Waals surface area contributed by atoms with Crippen molar-refractivity contribution in [3.63, 3.8) is 0 Å². The van der Waals surface area contributed by atoms with E-state index in [0.29, 0.717) is 16.7 Å². The summed E-state index contributed by atoms with van der Waals surface area (Å²) in [6.45, 7) is 1.88. The lowest BCUT2D eigenvalue weighted by Gasteiger charge is -2.16. The number of rotatable bonds is 4. The summed E-state index contributed by atoms with van der Waals surface area (Å²) in [6, 6.07) is 21.0. The molecule has 0 aliphatic heterocycles. The topological polar surface area (TPSA) is 29.1 Å². The number of carbonyl (C=O) groups is 1. The average Bonchev–Trinajstić information content (AvgIpc) is 2.68. The summed E-state index contributed by atoms with van der Waals surface area (Å²) >= 11 is 0. The van der Waals surface area contributed by atoms with Crippen LogP contribution in [0.2, 0.25) is 0 Å². The molecule has 0 aliphatic carbocycles. The predicted octanol–water partition coefficient (Wildman–Crippen LogP) is 5.86. The highest BCUT2D eigenvalue weighted by Crippen LogP contribution is 2.32. The third-order valence-electron chi connectivity index (χ3n) is 4.34. The van der Waals surface area contributed by atoms with Gasteiger partial charge in [-0.15, -0.1) is 0 Å². The van der Waals surface area contributed by atoms with Crippen LogP contribution in [0.3, 0.4) is 0 Å². The average molecular weight is 369 g/mol. The molecule has 0 spiro atoms. The van der Waals surface area contributed by atoms with Gasteiger partial charge in [0.2, 0.25) is 0 Å². The fourth-order valence-corrected chi connectivity index (χ4v) is 2.87. The second-order valence-electron chi connectivity index (χ2n) is 6.23. The van der Waals surface area contributed by atoms with E-state index in [1.54, 1.807) is 24.3 Å². The lowest BCUT2D eigenvalue weighted by atomic mass is 9.97. The maximum Gasteiger partial charge on any atom is 0.416 e. The van der Waals surface area contributed by atoms with Crippen molar-refractivity contribution >= 4 is 5.91 Å². The molecular formula is C22H18F3NO. The summed E-state index contributed by atoms with van der Waals surface area (Å²) in [7, 11) is 0. The Labute approximate surface area is 155 Å². The SMILES string of the molecule is C[C@H](NC(=O)c1ccccc1-c1ccc(C(F)(F)F)cc1)c1ccccc1. The summed E-state index contributed by atoms with van der Waals surface area (Å²) in [5.41, 5.74) is 1.81. The zero-order chi connectivity index (χ0) is 19.4. The molecule has 0 unspecified atom stereocenters. The normalized spacial score (nSPS) is 12.4. The molecule has 0 saturated heterocycles. The van der Waals surface area contributed by atoms with E-state index in [2.05, 4.69) is 5.32 Å². The van der Waals surface area contributed by atoms with Crippen LogP contribution in [0.5, 0.6) is 0 Å². The van der Waals surface area contributed by atoms with E-state index in [1.165, 1.54) is 12.1 Å². The Kier molecular flexibility index (Phi) is 5.31. The minimum absolute atomic E-state index is 0.195. The molecule has 2 nitrogen and oxygen atoms in total. The van der Waals surface area contributed by atoms with Crippen LogP contribution >= 0.6 is 0 Å². The van der Waals surface area contributed by atoms with Crippen LogP contribution in [0, 0.1) is 0 Å². The van der Waals surface area contributed by atoms with Crippen LogP contribution in [-0.2, 0) is 6.18 Å². The van der Waals surface area contributed by atoms with Crippen LogP contribution in [0.1, 0.15) is 34.5 Å². The van der Waals surface area contributed by atoms with Gasteiger partial charge in [0.05, 0.1) is 11.6 Å². The van der Waals surface area contributed by atoms with Crippen molar-refractivity contribution in [2.75, 3.05) is 0 Å². The number of carbonyl (C=O) groups excluding carboxylic acids is 1. The molecule has 0 bridgehead atoms. The van der Waals surface area contributed by atoms with Crippen LogP contribution in [0.15, 0.2) is 78.9 Å². The van der Waals surface area contributed by atoms with Gasteiger partial charge in [-0.1, -0.05) is 60.7 Å². The van der Waals surface area contributed by atoms with Gasteiger partial charge in [-0.05, 0) is 41.8 Å². The summed E-state index contributed by atoms with van der Waals surface area (Å²) in [4.78, 5) is 12.8. The van der Waals surface area contributed by atoms with Gasteiger partial charge >= 0.3 is 6.18 Å². The monoisotopic (exact) mass is 369 g/mol. The highest BCUT2D eigenvalue weighted by atomic mass is 19.4. The maximum absolute atomic E-state index is 12.8. The molecule has 1 amide bonds. The van der Waals surface area contributed by atoms with Crippen molar-refractivity contribution in [2.45, 2.75) is 19.1 Å². The van der Waals surface area contributed by atoms with Gasteiger partial charge in [0.1, 0.15) is 0 Å². The zero-order valence-electron chi connectivity index (χ0n) is 14.6. The number of alkyl halides is 3. The highest BCUT2D eigenvalue weighted by Gasteiger charge is 2.30. The van der Waals surface area contributed by atoms with Crippen molar-refractivity contribution in [3.8, 4) is 11.1 Å². The number of amides is 1. The van der Waals surface area contributed by atoms with Crippen molar-refractivity contribution in [3.05, 3.63) is 95.6 Å². The Morgan fingerprint density at radius 1 is 0.852 bits per heavy atom. The number of hydrogen-bond donors (Lipinski definition) is 1. The number of nitrogens with one attached hydrogen (secondary N) is 1. The van der Waals surface area contributed by atoms with Crippen molar-refractivity contribution in [1.82, 2.24) is 5.32 Å². The largest absolute Gasteiger partial charge is 0.416 e. The summed E-state index contributed by atoms with van der Waals surface area (Å²) in [6.07, 6.45) is -4.39. The summed E-state index contributed by atoms with van der Waals surface area (Å²) in [5, 5.41) is 2.94. The van der Waals surface area contributed by atoms with Gasteiger partial charge in [-0.25, -0.2) is 0 Å². The fourth-order valence-electron chi connectivity index (χ4n) is 2.87. The Morgan fingerprint density at radius 2 is 1.44 bits per heavy atom. The number of benzene rings is 3. The van der Waals surface area contributed by atoms with Crippen LogP contribution < -0.4 is 5.32 Å². The molecule has 3 aromatic carbocycles. The predicted molar refractivity (Wildman–Crippen MR) is 99.2 cm³/mol. The van der Waals surface area contributed by atoms with E-state index < -0.39 is 11.7 Å². The molecule has 1 atom stereocenters. The number of halogens is 3. The molecule has 1 N–H and O–H groups in total. The molecule has 0 aliphatic rings. The molecule has 3 aromatic rings.